The first-order valence-corrected chi connectivity index (χ1v) is 16.6. The second-order valence-electron chi connectivity index (χ2n) is 13.0. The summed E-state index contributed by atoms with van der Waals surface area (Å²) in [5.41, 5.74) is 3.61. The number of rotatable bonds is 19. The van der Waals surface area contributed by atoms with Crippen LogP contribution in [-0.2, 0) is 38.1 Å². The summed E-state index contributed by atoms with van der Waals surface area (Å²) < 4.78 is 21.8. The van der Waals surface area contributed by atoms with E-state index in [9.17, 15) is 29.1 Å². The number of hydrogen-bond acceptors (Lipinski definition) is 9. The van der Waals surface area contributed by atoms with Crippen LogP contribution in [0.4, 0.5) is 4.79 Å². The molecule has 0 saturated heterocycles. The van der Waals surface area contributed by atoms with Gasteiger partial charge in [0.2, 0.25) is 11.8 Å². The van der Waals surface area contributed by atoms with Gasteiger partial charge in [0, 0.05) is 25.3 Å². The lowest BCUT2D eigenvalue weighted by Gasteiger charge is -2.22. The summed E-state index contributed by atoms with van der Waals surface area (Å²) in [4.78, 5) is 61.6. The van der Waals surface area contributed by atoms with Crippen LogP contribution in [0.5, 0.6) is 0 Å². The molecule has 1 aliphatic carbocycles. The number of esters is 1. The Bertz CT molecular complexity index is 1390. The van der Waals surface area contributed by atoms with Gasteiger partial charge in [0.15, 0.2) is 0 Å². The van der Waals surface area contributed by atoms with E-state index in [1.165, 1.54) is 0 Å². The van der Waals surface area contributed by atoms with E-state index in [0.29, 0.717) is 0 Å². The maximum Gasteiger partial charge on any atom is 0.407 e. The zero-order chi connectivity index (χ0) is 36.0. The molecule has 268 valence electrons. The third kappa shape index (κ3) is 12.8. The van der Waals surface area contributed by atoms with Gasteiger partial charge in [-0.05, 0) is 55.4 Å². The standard InChI is InChI=1S/C36H49N3O10/c1-23(2)32(34(43)44)39-30(40)16-18-46-20-21-47-19-17-37-33(42)29(14-15-31(41)49-36(3,4)5)38-35(45)48-22-28-26-12-8-6-10-24(26)25-11-7-9-13-27(25)28/h6-13,23,28-29,32H,14-22H2,1-5H3,(H,37,42)(H,38,45)(H,39,40)(H,43,44)/t29-,32-/m0/s1. The molecule has 0 unspecified atom stereocenters. The molecule has 4 N–H and O–H groups in total. The lowest BCUT2D eigenvalue weighted by Crippen LogP contribution is -2.48. The van der Waals surface area contributed by atoms with E-state index in [4.69, 9.17) is 18.9 Å². The molecule has 3 rings (SSSR count). The quantitative estimate of drug-likeness (QED) is 0.126. The van der Waals surface area contributed by atoms with E-state index < -0.39 is 47.5 Å². The minimum atomic E-state index is -1.09. The highest BCUT2D eigenvalue weighted by atomic mass is 16.6. The SMILES string of the molecule is CC(C)[C@H](NC(=O)CCOCCOCCNC(=O)[C@H](CCC(=O)OC(C)(C)C)NC(=O)OCC1c2ccccc2-c2ccccc21)C(=O)O. The molecule has 2 atom stereocenters. The second kappa shape index (κ2) is 18.9. The molecule has 0 aliphatic heterocycles. The topological polar surface area (TPSA) is 179 Å². The van der Waals surface area contributed by atoms with E-state index in [2.05, 4.69) is 16.0 Å². The Kier molecular flexibility index (Phi) is 15.0. The molecule has 49 heavy (non-hydrogen) atoms. The van der Waals surface area contributed by atoms with E-state index in [-0.39, 0.29) is 70.7 Å². The Hall–Kier alpha value is -4.49. The van der Waals surface area contributed by atoms with Crippen LogP contribution in [0.1, 0.15) is 70.9 Å². The number of carbonyl (C=O) groups excluding carboxylic acids is 4. The fourth-order valence-electron chi connectivity index (χ4n) is 5.32. The van der Waals surface area contributed by atoms with E-state index in [0.717, 1.165) is 22.3 Å². The Morgan fingerprint density at radius 2 is 1.41 bits per heavy atom. The van der Waals surface area contributed by atoms with Crippen LogP contribution >= 0.6 is 0 Å². The molecule has 2 aromatic rings. The van der Waals surface area contributed by atoms with Crippen LogP contribution in [0, 0.1) is 5.92 Å². The highest BCUT2D eigenvalue weighted by molar-refractivity contribution is 5.86. The average molecular weight is 684 g/mol. The number of carboxylic acids is 1. The van der Waals surface area contributed by atoms with Crippen molar-refractivity contribution in [1.29, 1.82) is 0 Å². The third-order valence-corrected chi connectivity index (χ3v) is 7.65. The summed E-state index contributed by atoms with van der Waals surface area (Å²) in [6.07, 6.45) is -0.874. The molecule has 0 heterocycles. The average Bonchev–Trinajstić information content (AvgIpc) is 3.36. The predicted octanol–water partition coefficient (Wildman–Crippen LogP) is 3.78. The normalized spacial score (nSPS) is 13.5. The van der Waals surface area contributed by atoms with Crippen molar-refractivity contribution in [3.8, 4) is 11.1 Å². The molecule has 2 aromatic carbocycles. The molecular weight excluding hydrogens is 634 g/mol. The first-order valence-electron chi connectivity index (χ1n) is 16.6. The Morgan fingerprint density at radius 1 is 0.816 bits per heavy atom. The summed E-state index contributed by atoms with van der Waals surface area (Å²) in [7, 11) is 0. The highest BCUT2D eigenvalue weighted by Gasteiger charge is 2.30. The number of fused-ring (bicyclic) bond motifs is 3. The van der Waals surface area contributed by atoms with Crippen LogP contribution < -0.4 is 16.0 Å². The summed E-state index contributed by atoms with van der Waals surface area (Å²) in [5, 5.41) is 17.0. The number of ether oxygens (including phenoxy) is 4. The number of carbonyl (C=O) groups is 5. The van der Waals surface area contributed by atoms with Crippen molar-refractivity contribution in [2.75, 3.05) is 39.6 Å². The summed E-state index contributed by atoms with van der Waals surface area (Å²) >= 11 is 0. The first kappa shape index (κ1) is 39.0. The van der Waals surface area contributed by atoms with Crippen LogP contribution in [0.3, 0.4) is 0 Å². The number of alkyl carbamates (subject to hydrolysis) is 1. The van der Waals surface area contributed by atoms with Crippen molar-refractivity contribution in [2.24, 2.45) is 5.92 Å². The number of amides is 3. The fourth-order valence-corrected chi connectivity index (χ4v) is 5.32. The largest absolute Gasteiger partial charge is 0.480 e. The molecule has 1 aliphatic rings. The van der Waals surface area contributed by atoms with Crippen molar-refractivity contribution < 1.29 is 48.0 Å². The second-order valence-corrected chi connectivity index (χ2v) is 13.0. The minimum absolute atomic E-state index is 0.00238. The number of carboxylic acid groups (broad SMARTS) is 1. The summed E-state index contributed by atoms with van der Waals surface area (Å²) in [6.45, 7) is 9.48. The third-order valence-electron chi connectivity index (χ3n) is 7.65. The minimum Gasteiger partial charge on any atom is -0.480 e. The Labute approximate surface area is 287 Å². The molecule has 0 bridgehead atoms. The lowest BCUT2D eigenvalue weighted by molar-refractivity contribution is -0.155. The van der Waals surface area contributed by atoms with Crippen molar-refractivity contribution in [3.05, 3.63) is 59.7 Å². The molecule has 13 nitrogen and oxygen atoms in total. The van der Waals surface area contributed by atoms with Crippen LogP contribution in [0.15, 0.2) is 48.5 Å². The summed E-state index contributed by atoms with van der Waals surface area (Å²) in [6, 6.07) is 13.9. The Morgan fingerprint density at radius 3 is 1.98 bits per heavy atom. The molecule has 3 amide bonds. The zero-order valence-electron chi connectivity index (χ0n) is 28.9. The predicted molar refractivity (Wildman–Crippen MR) is 181 cm³/mol. The first-order chi connectivity index (χ1) is 23.3. The summed E-state index contributed by atoms with van der Waals surface area (Å²) in [5.74, 6) is -2.92. The van der Waals surface area contributed by atoms with Gasteiger partial charge in [0.25, 0.3) is 0 Å². The molecular formula is C36H49N3O10. The van der Waals surface area contributed by atoms with Gasteiger partial charge in [-0.25, -0.2) is 9.59 Å². The fraction of sp³-hybridized carbons (Fsp3) is 0.528. The van der Waals surface area contributed by atoms with Crippen molar-refractivity contribution in [1.82, 2.24) is 16.0 Å². The van der Waals surface area contributed by atoms with Crippen molar-refractivity contribution in [3.63, 3.8) is 0 Å². The van der Waals surface area contributed by atoms with Gasteiger partial charge >= 0.3 is 18.0 Å². The van der Waals surface area contributed by atoms with Crippen LogP contribution in [0.25, 0.3) is 11.1 Å². The molecule has 13 heteroatoms. The molecule has 0 fully saturated rings. The van der Waals surface area contributed by atoms with E-state index >= 15 is 0 Å². The van der Waals surface area contributed by atoms with Gasteiger partial charge in [-0.3, -0.25) is 14.4 Å². The van der Waals surface area contributed by atoms with E-state index in [1.807, 2.05) is 48.5 Å². The van der Waals surface area contributed by atoms with Gasteiger partial charge in [-0.15, -0.1) is 0 Å². The van der Waals surface area contributed by atoms with Crippen molar-refractivity contribution >= 4 is 29.8 Å². The zero-order valence-corrected chi connectivity index (χ0v) is 28.9. The van der Waals surface area contributed by atoms with Crippen LogP contribution in [-0.4, -0.2) is 92.2 Å². The molecule has 0 spiro atoms. The van der Waals surface area contributed by atoms with Crippen LogP contribution in [0.2, 0.25) is 0 Å². The molecule has 0 radical (unpaired) electrons. The molecule has 0 aromatic heterocycles. The van der Waals surface area contributed by atoms with Gasteiger partial charge in [-0.2, -0.15) is 0 Å². The van der Waals surface area contributed by atoms with E-state index in [1.54, 1.807) is 34.6 Å². The monoisotopic (exact) mass is 683 g/mol. The Balaban J connectivity index is 1.43. The maximum absolute atomic E-state index is 13.1. The smallest absolute Gasteiger partial charge is 0.407 e. The maximum atomic E-state index is 13.1. The lowest BCUT2D eigenvalue weighted by atomic mass is 9.98. The highest BCUT2D eigenvalue weighted by Crippen LogP contribution is 2.44. The number of benzene rings is 2. The van der Waals surface area contributed by atoms with Gasteiger partial charge in [0.05, 0.1) is 26.4 Å². The number of aliphatic carboxylic acids is 1. The van der Waals surface area contributed by atoms with Gasteiger partial charge in [-0.1, -0.05) is 62.4 Å². The van der Waals surface area contributed by atoms with Gasteiger partial charge < -0.3 is 40.0 Å². The van der Waals surface area contributed by atoms with Gasteiger partial charge in [0.1, 0.15) is 24.3 Å². The number of hydrogen-bond donors (Lipinski definition) is 4. The molecule has 0 saturated carbocycles. The number of nitrogens with one attached hydrogen (secondary N) is 3. The van der Waals surface area contributed by atoms with Crippen molar-refractivity contribution in [2.45, 2.75) is 77.5 Å².